The van der Waals surface area contributed by atoms with Gasteiger partial charge in [-0.05, 0) is 37.4 Å². The molecule has 0 spiro atoms. The van der Waals surface area contributed by atoms with Gasteiger partial charge in [0.25, 0.3) is 0 Å². The lowest BCUT2D eigenvalue weighted by Crippen LogP contribution is -2.24. The van der Waals surface area contributed by atoms with Crippen LogP contribution in [0, 0.1) is 0 Å². The van der Waals surface area contributed by atoms with Crippen molar-refractivity contribution in [3.8, 4) is 0 Å². The predicted molar refractivity (Wildman–Crippen MR) is 96.5 cm³/mol. The van der Waals surface area contributed by atoms with E-state index in [1.165, 1.54) is 43.4 Å². The Morgan fingerprint density at radius 2 is 2.04 bits per heavy atom. The summed E-state index contributed by atoms with van der Waals surface area (Å²) in [5.41, 5.74) is 2.75. The Bertz CT molecular complexity index is 597. The number of nitrogens with one attached hydrogen (secondary N) is 1. The van der Waals surface area contributed by atoms with Crippen LogP contribution >= 0.6 is 0 Å². The van der Waals surface area contributed by atoms with Crippen molar-refractivity contribution in [2.24, 2.45) is 0 Å². The largest absolute Gasteiger partial charge is 0.370 e. The molecule has 1 atom stereocenters. The van der Waals surface area contributed by atoms with E-state index < -0.39 is 0 Å². The summed E-state index contributed by atoms with van der Waals surface area (Å²) in [6.07, 6.45) is 6.78. The van der Waals surface area contributed by atoms with Gasteiger partial charge >= 0.3 is 0 Å². The van der Waals surface area contributed by atoms with Gasteiger partial charge in [-0.15, -0.1) is 0 Å². The number of benzene rings is 1. The average Bonchev–Trinajstić information content (AvgIpc) is 3.04. The van der Waals surface area contributed by atoms with Gasteiger partial charge in [0.15, 0.2) is 0 Å². The summed E-state index contributed by atoms with van der Waals surface area (Å²) >= 11 is 0. The fourth-order valence-electron chi connectivity index (χ4n) is 3.40. The van der Waals surface area contributed by atoms with E-state index >= 15 is 0 Å². The molecule has 1 aliphatic heterocycles. The SMILES string of the molecule is CCCCNc1ncccc1[C@H]1CCCN1Cc1ccccc1. The maximum absolute atomic E-state index is 4.60. The minimum atomic E-state index is 0.480. The summed E-state index contributed by atoms with van der Waals surface area (Å²) in [5, 5.41) is 3.54. The molecule has 0 unspecified atom stereocenters. The predicted octanol–water partition coefficient (Wildman–Crippen LogP) is 4.63. The molecule has 2 aromatic rings. The number of unbranched alkanes of at least 4 members (excludes halogenated alkanes) is 1. The highest BCUT2D eigenvalue weighted by Crippen LogP contribution is 2.36. The van der Waals surface area contributed by atoms with Crippen LogP contribution in [0.2, 0.25) is 0 Å². The summed E-state index contributed by atoms with van der Waals surface area (Å²) in [7, 11) is 0. The Hall–Kier alpha value is -1.87. The maximum atomic E-state index is 4.60. The van der Waals surface area contributed by atoms with Crippen LogP contribution in [0.15, 0.2) is 48.7 Å². The van der Waals surface area contributed by atoms with Crippen molar-refractivity contribution in [1.29, 1.82) is 0 Å². The van der Waals surface area contributed by atoms with E-state index in [0.29, 0.717) is 6.04 Å². The molecule has 3 heteroatoms. The first kappa shape index (κ1) is 16.0. The minimum absolute atomic E-state index is 0.480. The van der Waals surface area contributed by atoms with Gasteiger partial charge in [0, 0.05) is 30.9 Å². The smallest absolute Gasteiger partial charge is 0.130 e. The van der Waals surface area contributed by atoms with Gasteiger partial charge in [0.2, 0.25) is 0 Å². The molecule has 1 N–H and O–H groups in total. The second-order valence-electron chi connectivity index (χ2n) is 6.34. The average molecular weight is 309 g/mol. The highest BCUT2D eigenvalue weighted by Gasteiger charge is 2.28. The molecule has 0 aliphatic carbocycles. The number of pyridine rings is 1. The van der Waals surface area contributed by atoms with Gasteiger partial charge in [-0.2, -0.15) is 0 Å². The Labute approximate surface area is 139 Å². The second-order valence-corrected chi connectivity index (χ2v) is 6.34. The second kappa shape index (κ2) is 8.11. The third-order valence-corrected chi connectivity index (χ3v) is 4.61. The number of rotatable bonds is 7. The van der Waals surface area contributed by atoms with Crippen molar-refractivity contribution in [2.75, 3.05) is 18.4 Å². The maximum Gasteiger partial charge on any atom is 0.130 e. The van der Waals surface area contributed by atoms with E-state index in [0.717, 1.165) is 18.9 Å². The fraction of sp³-hybridized carbons (Fsp3) is 0.450. The first-order chi connectivity index (χ1) is 11.4. The van der Waals surface area contributed by atoms with Crippen LogP contribution in [0.3, 0.4) is 0 Å². The van der Waals surface area contributed by atoms with Crippen LogP contribution < -0.4 is 5.32 Å². The zero-order valence-electron chi connectivity index (χ0n) is 14.0. The molecule has 122 valence electrons. The van der Waals surface area contributed by atoms with Crippen molar-refractivity contribution < 1.29 is 0 Å². The molecule has 3 nitrogen and oxygen atoms in total. The van der Waals surface area contributed by atoms with E-state index in [2.05, 4.69) is 64.6 Å². The van der Waals surface area contributed by atoms with Crippen molar-refractivity contribution >= 4 is 5.82 Å². The van der Waals surface area contributed by atoms with Gasteiger partial charge in [-0.3, -0.25) is 4.90 Å². The van der Waals surface area contributed by atoms with E-state index in [-0.39, 0.29) is 0 Å². The molecule has 1 aromatic heterocycles. The summed E-state index contributed by atoms with van der Waals surface area (Å²) in [6.45, 7) is 5.42. The third kappa shape index (κ3) is 4.11. The topological polar surface area (TPSA) is 28.2 Å². The van der Waals surface area contributed by atoms with Crippen LogP contribution in [0.5, 0.6) is 0 Å². The third-order valence-electron chi connectivity index (χ3n) is 4.61. The van der Waals surface area contributed by atoms with E-state index in [1.807, 2.05) is 6.20 Å². The molecule has 1 aliphatic rings. The van der Waals surface area contributed by atoms with Crippen molar-refractivity contribution in [3.05, 3.63) is 59.8 Å². The standard InChI is InChI=1S/C20H27N3/c1-2-3-13-21-20-18(11-7-14-22-20)19-12-8-15-23(19)16-17-9-5-4-6-10-17/h4-7,9-11,14,19H,2-3,8,12-13,15-16H2,1H3,(H,21,22)/t19-/m1/s1. The summed E-state index contributed by atoms with van der Waals surface area (Å²) in [4.78, 5) is 7.19. The molecular weight excluding hydrogens is 282 g/mol. The lowest BCUT2D eigenvalue weighted by molar-refractivity contribution is 0.248. The van der Waals surface area contributed by atoms with Gasteiger partial charge in [-0.1, -0.05) is 49.7 Å². The molecule has 1 aromatic carbocycles. The van der Waals surface area contributed by atoms with Crippen molar-refractivity contribution in [2.45, 2.75) is 45.2 Å². The molecule has 0 amide bonds. The van der Waals surface area contributed by atoms with Crippen LogP contribution in [0.4, 0.5) is 5.82 Å². The molecule has 3 rings (SSSR count). The van der Waals surface area contributed by atoms with E-state index in [1.54, 1.807) is 0 Å². The zero-order valence-corrected chi connectivity index (χ0v) is 14.0. The molecule has 2 heterocycles. The molecule has 0 saturated carbocycles. The van der Waals surface area contributed by atoms with E-state index in [9.17, 15) is 0 Å². The number of nitrogens with zero attached hydrogens (tertiary/aromatic N) is 2. The first-order valence-corrected chi connectivity index (χ1v) is 8.85. The molecule has 1 saturated heterocycles. The highest BCUT2D eigenvalue weighted by atomic mass is 15.2. The Morgan fingerprint density at radius 1 is 1.17 bits per heavy atom. The number of anilines is 1. The molecule has 1 fully saturated rings. The normalized spacial score (nSPS) is 18.2. The van der Waals surface area contributed by atoms with Crippen LogP contribution in [0.1, 0.15) is 49.8 Å². The fourth-order valence-corrected chi connectivity index (χ4v) is 3.40. The van der Waals surface area contributed by atoms with Gasteiger partial charge in [0.05, 0.1) is 0 Å². The minimum Gasteiger partial charge on any atom is -0.370 e. The number of hydrogen-bond acceptors (Lipinski definition) is 3. The van der Waals surface area contributed by atoms with Gasteiger partial charge < -0.3 is 5.32 Å². The lowest BCUT2D eigenvalue weighted by Gasteiger charge is -2.26. The summed E-state index contributed by atoms with van der Waals surface area (Å²) in [5.74, 6) is 1.07. The summed E-state index contributed by atoms with van der Waals surface area (Å²) < 4.78 is 0. The molecule has 0 bridgehead atoms. The van der Waals surface area contributed by atoms with Crippen LogP contribution in [-0.2, 0) is 6.54 Å². The highest BCUT2D eigenvalue weighted by molar-refractivity contribution is 5.46. The first-order valence-electron chi connectivity index (χ1n) is 8.85. The number of aromatic nitrogens is 1. The molecule has 23 heavy (non-hydrogen) atoms. The summed E-state index contributed by atoms with van der Waals surface area (Å²) in [6, 6.07) is 15.6. The van der Waals surface area contributed by atoms with Crippen molar-refractivity contribution in [3.63, 3.8) is 0 Å². The van der Waals surface area contributed by atoms with Gasteiger partial charge in [0.1, 0.15) is 5.82 Å². The van der Waals surface area contributed by atoms with Crippen molar-refractivity contribution in [1.82, 2.24) is 9.88 Å². The quantitative estimate of drug-likeness (QED) is 0.756. The molecule has 0 radical (unpaired) electrons. The molecular formula is C20H27N3. The monoisotopic (exact) mass is 309 g/mol. The number of likely N-dealkylation sites (tertiary alicyclic amines) is 1. The van der Waals surface area contributed by atoms with Crippen LogP contribution in [0.25, 0.3) is 0 Å². The number of hydrogen-bond donors (Lipinski definition) is 1. The Kier molecular flexibility index (Phi) is 5.65. The zero-order chi connectivity index (χ0) is 15.9. The van der Waals surface area contributed by atoms with E-state index in [4.69, 9.17) is 0 Å². The Balaban J connectivity index is 1.74. The Morgan fingerprint density at radius 3 is 2.87 bits per heavy atom. The van der Waals surface area contributed by atoms with Gasteiger partial charge in [-0.25, -0.2) is 4.98 Å². The lowest BCUT2D eigenvalue weighted by atomic mass is 10.0. The van der Waals surface area contributed by atoms with Crippen LogP contribution in [-0.4, -0.2) is 23.0 Å².